The third-order valence-corrected chi connectivity index (χ3v) is 3.49. The van der Waals surface area contributed by atoms with Gasteiger partial charge in [-0.2, -0.15) is 13.2 Å². The molecule has 0 aliphatic carbocycles. The molecule has 0 bridgehead atoms. The van der Waals surface area contributed by atoms with Crippen molar-refractivity contribution in [3.05, 3.63) is 23.8 Å². The molecule has 9 heteroatoms. The summed E-state index contributed by atoms with van der Waals surface area (Å²) in [5.41, 5.74) is 4.49. The van der Waals surface area contributed by atoms with Gasteiger partial charge in [-0.05, 0) is 18.2 Å². The molecule has 1 rings (SSSR count). The number of hydrogen-bond acceptors (Lipinski definition) is 5. The molecule has 0 saturated heterocycles. The number of amides is 1. The molecule has 0 aromatic heterocycles. The molecule has 0 aliphatic rings. The van der Waals surface area contributed by atoms with Gasteiger partial charge in [-0.1, -0.05) is 0 Å². The molecule has 0 saturated carbocycles. The molecule has 1 unspecified atom stereocenters. The van der Waals surface area contributed by atoms with E-state index in [0.29, 0.717) is 0 Å². The lowest BCUT2D eigenvalue weighted by molar-refractivity contribution is -0.137. The second kappa shape index (κ2) is 7.53. The van der Waals surface area contributed by atoms with Crippen LogP contribution in [-0.4, -0.2) is 40.3 Å². The Balaban J connectivity index is 2.57. The van der Waals surface area contributed by atoms with Crippen LogP contribution < -0.4 is 11.1 Å². The maximum absolute atomic E-state index is 12.4. The second-order valence-electron chi connectivity index (χ2n) is 4.20. The highest BCUT2D eigenvalue weighted by Crippen LogP contribution is 2.32. The van der Waals surface area contributed by atoms with Crippen molar-refractivity contribution >= 4 is 29.0 Å². The summed E-state index contributed by atoms with van der Waals surface area (Å²) >= 11 is 1.08. The Kier molecular flexibility index (Phi) is 6.31. The van der Waals surface area contributed by atoms with Crippen LogP contribution in [0, 0.1) is 0 Å². The van der Waals surface area contributed by atoms with E-state index in [1.807, 2.05) is 0 Å². The molecule has 5 N–H and O–H groups in total. The third-order valence-electron chi connectivity index (χ3n) is 2.41. The molecule has 0 spiro atoms. The van der Waals surface area contributed by atoms with Crippen LogP contribution in [0.5, 0.6) is 0 Å². The lowest BCUT2D eigenvalue weighted by Crippen LogP contribution is -2.19. The number of alkyl halides is 3. The first-order valence-corrected chi connectivity index (χ1v) is 7.02. The van der Waals surface area contributed by atoms with E-state index in [2.05, 4.69) is 5.32 Å². The number of hydrogen-bond donors (Lipinski definition) is 4. The van der Waals surface area contributed by atoms with Gasteiger partial charge in [0.2, 0.25) is 5.91 Å². The van der Waals surface area contributed by atoms with E-state index >= 15 is 0 Å². The van der Waals surface area contributed by atoms with Gasteiger partial charge < -0.3 is 21.3 Å². The molecule has 1 aromatic carbocycles. The Bertz CT molecular complexity index is 497. The summed E-state index contributed by atoms with van der Waals surface area (Å²) < 4.78 is 37.3. The van der Waals surface area contributed by atoms with E-state index in [-0.39, 0.29) is 22.9 Å². The van der Waals surface area contributed by atoms with Crippen molar-refractivity contribution < 1.29 is 28.2 Å². The number of nitrogens with one attached hydrogen (secondary N) is 1. The minimum absolute atomic E-state index is 0.0163. The zero-order valence-corrected chi connectivity index (χ0v) is 11.7. The average Bonchev–Trinajstić information content (AvgIpc) is 2.39. The maximum Gasteiger partial charge on any atom is 0.416 e. The second-order valence-corrected chi connectivity index (χ2v) is 5.23. The first-order valence-electron chi connectivity index (χ1n) is 5.87. The van der Waals surface area contributed by atoms with Gasteiger partial charge in [-0.25, -0.2) is 0 Å². The Morgan fingerprint density at radius 2 is 2.10 bits per heavy atom. The smallest absolute Gasteiger partial charge is 0.397 e. The fourth-order valence-electron chi connectivity index (χ4n) is 1.38. The van der Waals surface area contributed by atoms with Gasteiger partial charge in [-0.15, -0.1) is 11.8 Å². The van der Waals surface area contributed by atoms with Crippen LogP contribution in [-0.2, 0) is 11.0 Å². The van der Waals surface area contributed by atoms with Crippen LogP contribution in [0.2, 0.25) is 0 Å². The number of nitrogens with two attached hydrogens (primary N) is 1. The van der Waals surface area contributed by atoms with Gasteiger partial charge in [-0.3, -0.25) is 4.79 Å². The molecule has 0 heterocycles. The third kappa shape index (κ3) is 5.82. The molecule has 0 fully saturated rings. The summed E-state index contributed by atoms with van der Waals surface area (Å²) in [6, 6.07) is 2.66. The topological polar surface area (TPSA) is 95.6 Å². The van der Waals surface area contributed by atoms with E-state index in [1.54, 1.807) is 0 Å². The summed E-state index contributed by atoms with van der Waals surface area (Å²) in [6.07, 6.45) is -5.41. The highest BCUT2D eigenvalue weighted by atomic mass is 32.2. The average molecular weight is 324 g/mol. The van der Waals surface area contributed by atoms with Crippen molar-refractivity contribution in [1.29, 1.82) is 0 Å². The zero-order valence-electron chi connectivity index (χ0n) is 10.9. The van der Waals surface area contributed by atoms with E-state index in [1.165, 1.54) is 0 Å². The number of aliphatic hydroxyl groups excluding tert-OH is 2. The summed E-state index contributed by atoms with van der Waals surface area (Å²) in [4.78, 5) is 11.6. The highest BCUT2D eigenvalue weighted by Gasteiger charge is 2.30. The molecule has 1 aromatic rings. The number of rotatable bonds is 6. The van der Waals surface area contributed by atoms with E-state index in [0.717, 1.165) is 30.0 Å². The van der Waals surface area contributed by atoms with Gasteiger partial charge in [0, 0.05) is 5.75 Å². The normalized spacial score (nSPS) is 13.0. The van der Waals surface area contributed by atoms with Gasteiger partial charge >= 0.3 is 6.18 Å². The summed E-state index contributed by atoms with van der Waals surface area (Å²) in [7, 11) is 0. The number of benzene rings is 1. The molecular weight excluding hydrogens is 309 g/mol. The number of nitrogen functional groups attached to an aromatic ring is 1. The van der Waals surface area contributed by atoms with Crippen molar-refractivity contribution in [2.75, 3.05) is 29.2 Å². The molecular formula is C12H15F3N2O3S. The number of carbonyl (C=O) groups excluding carboxylic acids is 1. The summed E-state index contributed by atoms with van der Waals surface area (Å²) in [5.74, 6) is -0.305. The van der Waals surface area contributed by atoms with E-state index in [9.17, 15) is 18.0 Å². The molecule has 118 valence electrons. The molecule has 5 nitrogen and oxygen atoms in total. The summed E-state index contributed by atoms with van der Waals surface area (Å²) in [6.45, 7) is -0.402. The largest absolute Gasteiger partial charge is 0.416 e. The number of thioether (sulfide) groups is 1. The first kappa shape index (κ1) is 17.6. The molecule has 0 radical (unpaired) electrons. The van der Waals surface area contributed by atoms with Crippen molar-refractivity contribution in [1.82, 2.24) is 0 Å². The fraction of sp³-hybridized carbons (Fsp3) is 0.417. The standard InChI is InChI=1S/C12H15F3N2O3S/c13-12(14,15)7-1-2-10(9(16)3-7)17-11(20)6-21-5-8(19)4-18/h1-3,8,18-19H,4-6,16H2,(H,17,20). The highest BCUT2D eigenvalue weighted by molar-refractivity contribution is 8.00. The van der Waals surface area contributed by atoms with Crippen LogP contribution in [0.15, 0.2) is 18.2 Å². The number of halogens is 3. The quantitative estimate of drug-likeness (QED) is 0.592. The lowest BCUT2D eigenvalue weighted by atomic mass is 10.1. The molecule has 21 heavy (non-hydrogen) atoms. The fourth-order valence-corrected chi connectivity index (χ4v) is 2.13. The summed E-state index contributed by atoms with van der Waals surface area (Å²) in [5, 5.41) is 20.1. The zero-order chi connectivity index (χ0) is 16.0. The van der Waals surface area contributed by atoms with Crippen LogP contribution in [0.25, 0.3) is 0 Å². The van der Waals surface area contributed by atoms with Crippen molar-refractivity contribution in [2.45, 2.75) is 12.3 Å². The minimum atomic E-state index is -4.49. The number of carbonyl (C=O) groups is 1. The maximum atomic E-state index is 12.4. The predicted molar refractivity (Wildman–Crippen MR) is 74.9 cm³/mol. The van der Waals surface area contributed by atoms with E-state index < -0.39 is 30.4 Å². The SMILES string of the molecule is Nc1cc(C(F)(F)F)ccc1NC(=O)CSCC(O)CO. The predicted octanol–water partition coefficient (Wildman–Crippen LogP) is 1.31. The minimum Gasteiger partial charge on any atom is -0.397 e. The van der Waals surface area contributed by atoms with Crippen LogP contribution in [0.3, 0.4) is 0 Å². The Morgan fingerprint density at radius 1 is 1.43 bits per heavy atom. The number of aliphatic hydroxyl groups is 2. The van der Waals surface area contributed by atoms with Crippen LogP contribution in [0.4, 0.5) is 24.5 Å². The van der Waals surface area contributed by atoms with Gasteiger partial charge in [0.15, 0.2) is 0 Å². The van der Waals surface area contributed by atoms with Crippen molar-refractivity contribution in [3.8, 4) is 0 Å². The van der Waals surface area contributed by atoms with Crippen LogP contribution in [0.1, 0.15) is 5.56 Å². The van der Waals surface area contributed by atoms with Crippen LogP contribution >= 0.6 is 11.8 Å². The van der Waals surface area contributed by atoms with E-state index in [4.69, 9.17) is 15.9 Å². The molecule has 1 atom stereocenters. The van der Waals surface area contributed by atoms with Crippen molar-refractivity contribution in [3.63, 3.8) is 0 Å². The number of anilines is 2. The lowest BCUT2D eigenvalue weighted by Gasteiger charge is -2.12. The Morgan fingerprint density at radius 3 is 2.62 bits per heavy atom. The first-order chi connectivity index (χ1) is 9.74. The van der Waals surface area contributed by atoms with Gasteiger partial charge in [0.05, 0.1) is 35.4 Å². The monoisotopic (exact) mass is 324 g/mol. The molecule has 0 aliphatic heterocycles. The van der Waals surface area contributed by atoms with Crippen molar-refractivity contribution in [2.24, 2.45) is 0 Å². The Hall–Kier alpha value is -1.45. The Labute approximate surface area is 123 Å². The van der Waals surface area contributed by atoms with Gasteiger partial charge in [0.1, 0.15) is 0 Å². The van der Waals surface area contributed by atoms with Gasteiger partial charge in [0.25, 0.3) is 0 Å². The molecule has 1 amide bonds.